The van der Waals surface area contributed by atoms with Crippen LogP contribution in [0, 0.1) is 6.92 Å². The molecule has 0 saturated carbocycles. The Morgan fingerprint density at radius 3 is 2.58 bits per heavy atom. The summed E-state index contributed by atoms with van der Waals surface area (Å²) < 4.78 is 0. The fourth-order valence-electron chi connectivity index (χ4n) is 3.22. The molecule has 0 aromatic heterocycles. The number of piperidine rings is 1. The van der Waals surface area contributed by atoms with Crippen LogP contribution in [0.5, 0.6) is 0 Å². The molecule has 1 aromatic carbocycles. The van der Waals surface area contributed by atoms with Gasteiger partial charge in [0, 0.05) is 38.6 Å². The van der Waals surface area contributed by atoms with Gasteiger partial charge >= 0.3 is 0 Å². The number of aliphatic imine (C=N–C) groups is 1. The van der Waals surface area contributed by atoms with Crippen molar-refractivity contribution in [2.75, 3.05) is 39.3 Å². The molecule has 1 unspecified atom stereocenters. The number of nitrogens with zero attached hydrogens (tertiary/aromatic N) is 2. The van der Waals surface area contributed by atoms with Crippen LogP contribution in [0.2, 0.25) is 0 Å². The van der Waals surface area contributed by atoms with Gasteiger partial charge in [0.1, 0.15) is 0 Å². The molecule has 5 heteroatoms. The van der Waals surface area contributed by atoms with Gasteiger partial charge in [0.2, 0.25) is 0 Å². The molecule has 1 atom stereocenters. The van der Waals surface area contributed by atoms with Crippen molar-refractivity contribution in [2.45, 2.75) is 52.1 Å². The summed E-state index contributed by atoms with van der Waals surface area (Å²) >= 11 is 0. The van der Waals surface area contributed by atoms with Gasteiger partial charge in [-0.15, -0.1) is 0 Å². The van der Waals surface area contributed by atoms with Crippen molar-refractivity contribution in [3.05, 3.63) is 35.4 Å². The Morgan fingerprint density at radius 1 is 1.23 bits per heavy atom. The van der Waals surface area contributed by atoms with Gasteiger partial charge in [-0.25, -0.2) is 0 Å². The summed E-state index contributed by atoms with van der Waals surface area (Å²) in [5.41, 5.74) is 2.63. The predicted molar refractivity (Wildman–Crippen MR) is 110 cm³/mol. The summed E-state index contributed by atoms with van der Waals surface area (Å²) in [6.07, 6.45) is 2.82. The molecular weight excluding hydrogens is 324 g/mol. The van der Waals surface area contributed by atoms with Gasteiger partial charge in [-0.05, 0) is 45.2 Å². The normalized spacial score (nSPS) is 17.9. The van der Waals surface area contributed by atoms with E-state index in [1.54, 1.807) is 0 Å². The average Bonchev–Trinajstić information content (AvgIpc) is 2.65. The van der Waals surface area contributed by atoms with E-state index < -0.39 is 0 Å². The third kappa shape index (κ3) is 7.34. The number of hydrogen-bond donors (Lipinski definition) is 3. The number of aliphatic hydroxyl groups excluding tert-OH is 1. The van der Waals surface area contributed by atoms with Crippen LogP contribution in [0.15, 0.2) is 29.3 Å². The van der Waals surface area contributed by atoms with Gasteiger partial charge in [0.15, 0.2) is 5.96 Å². The van der Waals surface area contributed by atoms with Gasteiger partial charge in [-0.2, -0.15) is 0 Å². The van der Waals surface area contributed by atoms with Gasteiger partial charge in [0.05, 0.1) is 6.10 Å². The number of guanidine groups is 1. The van der Waals surface area contributed by atoms with Crippen LogP contribution in [0.4, 0.5) is 0 Å². The van der Waals surface area contributed by atoms with E-state index in [1.165, 1.54) is 11.1 Å². The Morgan fingerprint density at radius 2 is 1.92 bits per heavy atom. The second-order valence-electron chi connectivity index (χ2n) is 7.38. The lowest BCUT2D eigenvalue weighted by Gasteiger charge is -2.29. The molecule has 1 aliphatic heterocycles. The van der Waals surface area contributed by atoms with E-state index in [0.29, 0.717) is 5.92 Å². The maximum Gasteiger partial charge on any atom is 0.191 e. The van der Waals surface area contributed by atoms with Crippen molar-refractivity contribution in [3.63, 3.8) is 0 Å². The van der Waals surface area contributed by atoms with Crippen molar-refractivity contribution in [2.24, 2.45) is 4.99 Å². The highest BCUT2D eigenvalue weighted by Gasteiger charge is 2.16. The minimum atomic E-state index is -0.0904. The summed E-state index contributed by atoms with van der Waals surface area (Å²) in [5, 5.41) is 16.3. The Labute approximate surface area is 158 Å². The molecule has 0 aliphatic carbocycles. The number of hydrogen-bond acceptors (Lipinski definition) is 3. The first-order valence-corrected chi connectivity index (χ1v) is 10.1. The number of benzene rings is 1. The van der Waals surface area contributed by atoms with Gasteiger partial charge in [-0.1, -0.05) is 36.8 Å². The quantitative estimate of drug-likeness (QED) is 0.379. The van der Waals surface area contributed by atoms with Crippen LogP contribution in [-0.4, -0.2) is 61.3 Å². The predicted octanol–water partition coefficient (Wildman–Crippen LogP) is 2.50. The molecule has 26 heavy (non-hydrogen) atoms. The smallest absolute Gasteiger partial charge is 0.191 e. The number of likely N-dealkylation sites (tertiary alicyclic amines) is 1. The molecular formula is C21H36N4O. The van der Waals surface area contributed by atoms with Gasteiger partial charge in [-0.3, -0.25) is 4.99 Å². The van der Waals surface area contributed by atoms with E-state index in [2.05, 4.69) is 60.6 Å². The lowest BCUT2D eigenvalue weighted by molar-refractivity contribution is 0.0823. The maximum absolute atomic E-state index is 9.57. The molecule has 5 nitrogen and oxygen atoms in total. The lowest BCUT2D eigenvalue weighted by atomic mass is 10.0. The highest BCUT2D eigenvalue weighted by atomic mass is 16.3. The SMILES string of the molecule is CCNC(=NCC(C)c1ccc(C)cc1)NCCCN1CCC(O)CC1. The van der Waals surface area contributed by atoms with Gasteiger partial charge in [0.25, 0.3) is 0 Å². The summed E-state index contributed by atoms with van der Waals surface area (Å²) in [6.45, 7) is 12.1. The third-order valence-corrected chi connectivity index (χ3v) is 5.01. The molecule has 0 radical (unpaired) electrons. The molecule has 0 spiro atoms. The Balaban J connectivity index is 1.72. The van der Waals surface area contributed by atoms with E-state index in [-0.39, 0.29) is 6.10 Å². The monoisotopic (exact) mass is 360 g/mol. The lowest BCUT2D eigenvalue weighted by Crippen LogP contribution is -2.40. The second kappa shape index (κ2) is 11.2. The Hall–Kier alpha value is -1.59. The van der Waals surface area contributed by atoms with E-state index >= 15 is 0 Å². The number of aliphatic hydroxyl groups is 1. The van der Waals surface area contributed by atoms with Crippen molar-refractivity contribution in [1.29, 1.82) is 0 Å². The molecule has 1 heterocycles. The highest BCUT2D eigenvalue weighted by Crippen LogP contribution is 2.16. The van der Waals surface area contributed by atoms with Crippen molar-refractivity contribution in [3.8, 4) is 0 Å². The fourth-order valence-corrected chi connectivity index (χ4v) is 3.22. The summed E-state index contributed by atoms with van der Waals surface area (Å²) in [7, 11) is 0. The van der Waals surface area contributed by atoms with Gasteiger partial charge < -0.3 is 20.6 Å². The second-order valence-corrected chi connectivity index (χ2v) is 7.38. The van der Waals surface area contributed by atoms with E-state index in [1.807, 2.05) is 0 Å². The van der Waals surface area contributed by atoms with Crippen molar-refractivity contribution in [1.82, 2.24) is 15.5 Å². The number of aryl methyl sites for hydroxylation is 1. The first kappa shape index (κ1) is 20.7. The van der Waals surface area contributed by atoms with Crippen LogP contribution in [0.25, 0.3) is 0 Å². The fraction of sp³-hybridized carbons (Fsp3) is 0.667. The van der Waals surface area contributed by atoms with E-state index in [9.17, 15) is 5.11 Å². The summed E-state index contributed by atoms with van der Waals surface area (Å²) in [4.78, 5) is 7.20. The van der Waals surface area contributed by atoms with Crippen LogP contribution in [0.3, 0.4) is 0 Å². The minimum absolute atomic E-state index is 0.0904. The Bertz CT molecular complexity index is 535. The zero-order valence-electron chi connectivity index (χ0n) is 16.7. The minimum Gasteiger partial charge on any atom is -0.393 e. The first-order chi connectivity index (χ1) is 12.6. The molecule has 1 aliphatic rings. The zero-order chi connectivity index (χ0) is 18.8. The van der Waals surface area contributed by atoms with Crippen LogP contribution < -0.4 is 10.6 Å². The molecule has 1 saturated heterocycles. The molecule has 146 valence electrons. The molecule has 0 bridgehead atoms. The van der Waals surface area contributed by atoms with E-state index in [4.69, 9.17) is 4.99 Å². The van der Waals surface area contributed by atoms with Crippen LogP contribution in [-0.2, 0) is 0 Å². The Kier molecular flexibility index (Phi) is 8.92. The zero-order valence-corrected chi connectivity index (χ0v) is 16.7. The van der Waals surface area contributed by atoms with Crippen LogP contribution in [0.1, 0.15) is 50.2 Å². The highest BCUT2D eigenvalue weighted by molar-refractivity contribution is 5.79. The summed E-state index contributed by atoms with van der Waals surface area (Å²) in [6, 6.07) is 8.73. The van der Waals surface area contributed by atoms with E-state index in [0.717, 1.165) is 64.5 Å². The molecule has 3 N–H and O–H groups in total. The molecule has 0 amide bonds. The number of nitrogens with one attached hydrogen (secondary N) is 2. The first-order valence-electron chi connectivity index (χ1n) is 10.1. The maximum atomic E-state index is 9.57. The van der Waals surface area contributed by atoms with Crippen molar-refractivity contribution < 1.29 is 5.11 Å². The summed E-state index contributed by atoms with van der Waals surface area (Å²) in [5.74, 6) is 1.31. The standard InChI is InChI=1S/C21H36N4O/c1-4-22-21(23-12-5-13-25-14-10-20(26)11-15-25)24-16-18(3)19-8-6-17(2)7-9-19/h6-9,18,20,26H,4-5,10-16H2,1-3H3,(H2,22,23,24). The molecule has 1 aromatic rings. The molecule has 1 fully saturated rings. The van der Waals surface area contributed by atoms with Crippen LogP contribution >= 0.6 is 0 Å². The average molecular weight is 361 g/mol. The largest absolute Gasteiger partial charge is 0.393 e. The number of rotatable bonds is 8. The van der Waals surface area contributed by atoms with Crippen molar-refractivity contribution >= 4 is 5.96 Å². The topological polar surface area (TPSA) is 59.9 Å². The molecule has 2 rings (SSSR count). The third-order valence-electron chi connectivity index (χ3n) is 5.01.